The first-order chi connectivity index (χ1) is 14.0. The second-order valence-corrected chi connectivity index (χ2v) is 7.90. The molecule has 1 N–H and O–H groups in total. The lowest BCUT2D eigenvalue weighted by Crippen LogP contribution is -2.43. The van der Waals surface area contributed by atoms with Crippen LogP contribution in [0.25, 0.3) is 5.69 Å². The zero-order valence-corrected chi connectivity index (χ0v) is 17.8. The number of rotatable bonds is 7. The molecule has 0 bridgehead atoms. The standard InChI is InChI=1S/C23H32N4O2/c1-4-5-6-12-25-22(28)19-9-13-26(14-10-19)23(29)21-15-17(2)27(18(21)3)20-8-7-11-24-16-20/h7-8,11,15-16,19H,4-6,9-10,12-14H2,1-3H3,(H,25,28). The highest BCUT2D eigenvalue weighted by atomic mass is 16.2. The summed E-state index contributed by atoms with van der Waals surface area (Å²) in [5, 5.41) is 3.05. The van der Waals surface area contributed by atoms with E-state index in [1.54, 1.807) is 12.4 Å². The first-order valence-electron chi connectivity index (χ1n) is 10.7. The van der Waals surface area contributed by atoms with E-state index in [4.69, 9.17) is 0 Å². The van der Waals surface area contributed by atoms with Gasteiger partial charge in [0.05, 0.1) is 17.4 Å². The summed E-state index contributed by atoms with van der Waals surface area (Å²) in [6.07, 6.45) is 8.33. The van der Waals surface area contributed by atoms with Gasteiger partial charge in [0.15, 0.2) is 0 Å². The van der Waals surface area contributed by atoms with Crippen LogP contribution in [0.15, 0.2) is 30.6 Å². The fourth-order valence-electron chi connectivity index (χ4n) is 4.11. The van der Waals surface area contributed by atoms with E-state index in [1.165, 1.54) is 0 Å². The predicted octanol–water partition coefficient (Wildman–Crippen LogP) is 3.65. The number of nitrogens with one attached hydrogen (secondary N) is 1. The van der Waals surface area contributed by atoms with E-state index in [2.05, 4.69) is 21.8 Å². The van der Waals surface area contributed by atoms with Crippen molar-refractivity contribution < 1.29 is 9.59 Å². The molecule has 0 aliphatic carbocycles. The number of amides is 2. The van der Waals surface area contributed by atoms with E-state index in [9.17, 15) is 9.59 Å². The van der Waals surface area contributed by atoms with Gasteiger partial charge in [0.1, 0.15) is 0 Å². The van der Waals surface area contributed by atoms with Gasteiger partial charge in [0, 0.05) is 43.1 Å². The summed E-state index contributed by atoms with van der Waals surface area (Å²) in [6, 6.07) is 5.84. The normalized spacial score (nSPS) is 14.8. The number of aromatic nitrogens is 2. The van der Waals surface area contributed by atoms with Crippen LogP contribution in [0.4, 0.5) is 0 Å². The maximum absolute atomic E-state index is 13.1. The summed E-state index contributed by atoms with van der Waals surface area (Å²) in [6.45, 7) is 8.15. The van der Waals surface area contributed by atoms with Crippen LogP contribution in [0.2, 0.25) is 0 Å². The number of hydrogen-bond acceptors (Lipinski definition) is 3. The SMILES string of the molecule is CCCCCNC(=O)C1CCN(C(=O)c2cc(C)n(-c3cccnc3)c2C)CC1. The van der Waals surface area contributed by atoms with E-state index in [1.807, 2.05) is 36.9 Å². The zero-order chi connectivity index (χ0) is 20.8. The van der Waals surface area contributed by atoms with Crippen LogP contribution < -0.4 is 5.32 Å². The van der Waals surface area contributed by atoms with Crippen LogP contribution in [-0.2, 0) is 4.79 Å². The largest absolute Gasteiger partial charge is 0.356 e. The molecule has 1 saturated heterocycles. The number of unbranched alkanes of at least 4 members (excludes halogenated alkanes) is 2. The molecule has 29 heavy (non-hydrogen) atoms. The molecule has 0 saturated carbocycles. The second-order valence-electron chi connectivity index (χ2n) is 7.90. The zero-order valence-electron chi connectivity index (χ0n) is 17.8. The maximum Gasteiger partial charge on any atom is 0.255 e. The van der Waals surface area contributed by atoms with Gasteiger partial charge in [-0.3, -0.25) is 14.6 Å². The minimum absolute atomic E-state index is 0.0171. The van der Waals surface area contributed by atoms with Crippen LogP contribution in [0.3, 0.4) is 0 Å². The molecule has 0 atom stereocenters. The molecule has 1 aliphatic rings. The average molecular weight is 397 g/mol. The highest BCUT2D eigenvalue weighted by Gasteiger charge is 2.29. The van der Waals surface area contributed by atoms with Crippen LogP contribution in [0.1, 0.15) is 60.8 Å². The third-order valence-electron chi connectivity index (χ3n) is 5.80. The van der Waals surface area contributed by atoms with Crippen molar-refractivity contribution in [3.63, 3.8) is 0 Å². The first-order valence-corrected chi connectivity index (χ1v) is 10.7. The fraction of sp³-hybridized carbons (Fsp3) is 0.522. The highest BCUT2D eigenvalue weighted by molar-refractivity contribution is 5.96. The molecule has 0 aromatic carbocycles. The van der Waals surface area contributed by atoms with Gasteiger partial charge in [0.25, 0.3) is 5.91 Å². The lowest BCUT2D eigenvalue weighted by molar-refractivity contribution is -0.126. The lowest BCUT2D eigenvalue weighted by Gasteiger charge is -2.31. The monoisotopic (exact) mass is 396 g/mol. The van der Waals surface area contributed by atoms with Crippen LogP contribution in [-0.4, -0.2) is 45.9 Å². The summed E-state index contributed by atoms with van der Waals surface area (Å²) >= 11 is 0. The molecule has 2 amide bonds. The summed E-state index contributed by atoms with van der Waals surface area (Å²) in [5.41, 5.74) is 3.63. The van der Waals surface area contributed by atoms with Gasteiger partial charge in [-0.25, -0.2) is 0 Å². The molecule has 1 aliphatic heterocycles. The fourth-order valence-corrected chi connectivity index (χ4v) is 4.11. The average Bonchev–Trinajstić information content (AvgIpc) is 3.05. The van der Waals surface area contributed by atoms with Crippen molar-refractivity contribution in [3.8, 4) is 5.69 Å². The molecule has 0 spiro atoms. The Labute approximate surface area is 173 Å². The molecule has 2 aromatic heterocycles. The van der Waals surface area contributed by atoms with E-state index in [0.717, 1.165) is 61.3 Å². The summed E-state index contributed by atoms with van der Waals surface area (Å²) in [7, 11) is 0. The summed E-state index contributed by atoms with van der Waals surface area (Å²) in [5.74, 6) is 0.210. The number of likely N-dealkylation sites (tertiary alicyclic amines) is 1. The van der Waals surface area contributed by atoms with E-state index in [-0.39, 0.29) is 17.7 Å². The number of piperidine rings is 1. The maximum atomic E-state index is 13.1. The topological polar surface area (TPSA) is 67.2 Å². The Kier molecular flexibility index (Phi) is 7.07. The molecule has 2 aromatic rings. The van der Waals surface area contributed by atoms with Gasteiger partial charge in [-0.05, 0) is 51.3 Å². The van der Waals surface area contributed by atoms with Gasteiger partial charge in [-0.15, -0.1) is 0 Å². The Hall–Kier alpha value is -2.63. The number of aryl methyl sites for hydroxylation is 1. The Morgan fingerprint density at radius 3 is 2.62 bits per heavy atom. The second kappa shape index (κ2) is 9.72. The van der Waals surface area contributed by atoms with Gasteiger partial charge >= 0.3 is 0 Å². The van der Waals surface area contributed by atoms with Crippen molar-refractivity contribution in [1.82, 2.24) is 19.8 Å². The van der Waals surface area contributed by atoms with E-state index in [0.29, 0.717) is 13.1 Å². The van der Waals surface area contributed by atoms with Crippen LogP contribution in [0, 0.1) is 19.8 Å². The van der Waals surface area contributed by atoms with Crippen molar-refractivity contribution in [3.05, 3.63) is 47.5 Å². The molecule has 0 radical (unpaired) electrons. The molecule has 1 fully saturated rings. The smallest absolute Gasteiger partial charge is 0.255 e. The molecule has 3 heterocycles. The lowest BCUT2D eigenvalue weighted by atomic mass is 9.95. The van der Waals surface area contributed by atoms with Crippen molar-refractivity contribution in [1.29, 1.82) is 0 Å². The number of carbonyl (C=O) groups excluding carboxylic acids is 2. The van der Waals surface area contributed by atoms with Gasteiger partial charge < -0.3 is 14.8 Å². The third kappa shape index (κ3) is 4.86. The van der Waals surface area contributed by atoms with Crippen molar-refractivity contribution >= 4 is 11.8 Å². The van der Waals surface area contributed by atoms with Crippen molar-refractivity contribution in [2.45, 2.75) is 52.9 Å². The minimum Gasteiger partial charge on any atom is -0.356 e. The molecule has 6 heteroatoms. The molecule has 3 rings (SSSR count). The number of hydrogen-bond donors (Lipinski definition) is 1. The molecular formula is C23H32N4O2. The summed E-state index contributed by atoms with van der Waals surface area (Å²) in [4.78, 5) is 31.6. The third-order valence-corrected chi connectivity index (χ3v) is 5.80. The van der Waals surface area contributed by atoms with Gasteiger partial charge in [-0.2, -0.15) is 0 Å². The van der Waals surface area contributed by atoms with E-state index < -0.39 is 0 Å². The van der Waals surface area contributed by atoms with Crippen LogP contribution >= 0.6 is 0 Å². The highest BCUT2D eigenvalue weighted by Crippen LogP contribution is 2.24. The number of carbonyl (C=O) groups is 2. The Balaban J connectivity index is 1.61. The molecule has 6 nitrogen and oxygen atoms in total. The predicted molar refractivity (Wildman–Crippen MR) is 114 cm³/mol. The van der Waals surface area contributed by atoms with Crippen molar-refractivity contribution in [2.24, 2.45) is 5.92 Å². The molecular weight excluding hydrogens is 364 g/mol. The minimum atomic E-state index is 0.0171. The number of pyridine rings is 1. The molecule has 156 valence electrons. The van der Waals surface area contributed by atoms with Gasteiger partial charge in [0.2, 0.25) is 5.91 Å². The Bertz CT molecular complexity index is 836. The Morgan fingerprint density at radius 1 is 1.21 bits per heavy atom. The van der Waals surface area contributed by atoms with E-state index >= 15 is 0 Å². The quantitative estimate of drug-likeness (QED) is 0.727. The van der Waals surface area contributed by atoms with Gasteiger partial charge in [-0.1, -0.05) is 19.8 Å². The number of nitrogens with zero attached hydrogens (tertiary/aromatic N) is 3. The first kappa shape index (κ1) is 21.1. The Morgan fingerprint density at radius 2 is 1.97 bits per heavy atom. The summed E-state index contributed by atoms with van der Waals surface area (Å²) < 4.78 is 2.07. The molecule has 0 unspecified atom stereocenters. The van der Waals surface area contributed by atoms with Crippen molar-refractivity contribution in [2.75, 3.05) is 19.6 Å². The van der Waals surface area contributed by atoms with Crippen LogP contribution in [0.5, 0.6) is 0 Å².